The van der Waals surface area contributed by atoms with Crippen LogP contribution in [0.3, 0.4) is 0 Å². The summed E-state index contributed by atoms with van der Waals surface area (Å²) >= 11 is 0. The van der Waals surface area contributed by atoms with Gasteiger partial charge in [-0.1, -0.05) is 6.92 Å². The van der Waals surface area contributed by atoms with Gasteiger partial charge in [0, 0.05) is 32.2 Å². The molecule has 3 heteroatoms. The Balaban J connectivity index is 2.04. The highest BCUT2D eigenvalue weighted by Crippen LogP contribution is 2.05. The molecule has 0 aromatic heterocycles. The number of rotatable bonds is 6. The molecule has 0 amide bonds. The van der Waals surface area contributed by atoms with Crippen molar-refractivity contribution in [1.29, 1.82) is 0 Å². The van der Waals surface area contributed by atoms with Gasteiger partial charge in [0.1, 0.15) is 0 Å². The number of nitrogens with one attached hydrogen (secondary N) is 1. The zero-order chi connectivity index (χ0) is 11.1. The monoisotopic (exact) mass is 213 g/mol. The Morgan fingerprint density at radius 1 is 1.20 bits per heavy atom. The molecule has 90 valence electrons. The minimum atomic E-state index is 0.720. The molecule has 0 radical (unpaired) electrons. The van der Waals surface area contributed by atoms with Crippen LogP contribution in [0, 0.1) is 0 Å². The predicted octanol–water partition coefficient (Wildman–Crippen LogP) is 1.01. The van der Waals surface area contributed by atoms with E-state index < -0.39 is 0 Å². The summed E-state index contributed by atoms with van der Waals surface area (Å²) in [5.74, 6) is 0. The van der Waals surface area contributed by atoms with E-state index in [0.717, 1.165) is 6.04 Å². The molecular formula is C12H27N3. The maximum Gasteiger partial charge on any atom is 0.0110 e. The topological polar surface area (TPSA) is 18.5 Å². The molecule has 0 aromatic carbocycles. The van der Waals surface area contributed by atoms with Crippen LogP contribution >= 0.6 is 0 Å². The minimum Gasteiger partial charge on any atom is -0.317 e. The lowest BCUT2D eigenvalue weighted by Gasteiger charge is -2.32. The van der Waals surface area contributed by atoms with Crippen molar-refractivity contribution in [1.82, 2.24) is 15.1 Å². The van der Waals surface area contributed by atoms with Gasteiger partial charge in [-0.2, -0.15) is 0 Å². The summed E-state index contributed by atoms with van der Waals surface area (Å²) in [6.07, 6.45) is 3.90. The summed E-state index contributed by atoms with van der Waals surface area (Å²) < 4.78 is 0. The van der Waals surface area contributed by atoms with Crippen LogP contribution in [0.25, 0.3) is 0 Å². The molecule has 1 heterocycles. The van der Waals surface area contributed by atoms with Gasteiger partial charge in [0.05, 0.1) is 0 Å². The maximum atomic E-state index is 3.37. The van der Waals surface area contributed by atoms with Crippen LogP contribution in [0.5, 0.6) is 0 Å². The lowest BCUT2D eigenvalue weighted by molar-refractivity contribution is 0.151. The number of piperazine rings is 1. The van der Waals surface area contributed by atoms with E-state index in [9.17, 15) is 0 Å². The Labute approximate surface area is 94.8 Å². The van der Waals surface area contributed by atoms with E-state index >= 15 is 0 Å². The zero-order valence-electron chi connectivity index (χ0n) is 10.6. The third kappa shape index (κ3) is 4.96. The van der Waals surface area contributed by atoms with Gasteiger partial charge in [0.25, 0.3) is 0 Å². The molecular weight excluding hydrogens is 186 g/mol. The Kier molecular flexibility index (Phi) is 6.22. The molecule has 1 aliphatic rings. The highest BCUT2D eigenvalue weighted by molar-refractivity contribution is 4.70. The summed E-state index contributed by atoms with van der Waals surface area (Å²) in [6, 6.07) is 0.720. The number of likely N-dealkylation sites (N-methyl/N-ethyl adjacent to an activating group) is 1. The van der Waals surface area contributed by atoms with Crippen LogP contribution in [0.2, 0.25) is 0 Å². The Bertz CT molecular complexity index is 149. The van der Waals surface area contributed by atoms with Gasteiger partial charge in [-0.25, -0.2) is 0 Å². The number of hydrogen-bond donors (Lipinski definition) is 1. The first kappa shape index (κ1) is 12.9. The summed E-state index contributed by atoms with van der Waals surface area (Å²) in [5.41, 5.74) is 0. The fraction of sp³-hybridized carbons (Fsp3) is 1.00. The SMILES string of the molecule is CCC(CCCN1CCN(C)CC1)NC. The first-order valence-corrected chi connectivity index (χ1v) is 6.34. The molecule has 0 aliphatic carbocycles. The van der Waals surface area contributed by atoms with Crippen molar-refractivity contribution in [3.8, 4) is 0 Å². The Morgan fingerprint density at radius 3 is 2.40 bits per heavy atom. The maximum absolute atomic E-state index is 3.37. The lowest BCUT2D eigenvalue weighted by atomic mass is 10.1. The highest BCUT2D eigenvalue weighted by Gasteiger charge is 2.13. The van der Waals surface area contributed by atoms with Crippen LogP contribution in [0.4, 0.5) is 0 Å². The van der Waals surface area contributed by atoms with Gasteiger partial charge in [0.2, 0.25) is 0 Å². The second-order valence-corrected chi connectivity index (χ2v) is 4.68. The van der Waals surface area contributed by atoms with Crippen LogP contribution in [0.15, 0.2) is 0 Å². The summed E-state index contributed by atoms with van der Waals surface area (Å²) in [5, 5.41) is 3.37. The molecule has 1 rings (SSSR count). The average molecular weight is 213 g/mol. The van der Waals surface area contributed by atoms with E-state index in [-0.39, 0.29) is 0 Å². The second kappa shape index (κ2) is 7.20. The van der Waals surface area contributed by atoms with E-state index in [1.165, 1.54) is 52.0 Å². The Morgan fingerprint density at radius 2 is 1.87 bits per heavy atom. The quantitative estimate of drug-likeness (QED) is 0.710. The van der Waals surface area contributed by atoms with Gasteiger partial charge in [-0.15, -0.1) is 0 Å². The fourth-order valence-corrected chi connectivity index (χ4v) is 2.19. The van der Waals surface area contributed by atoms with Gasteiger partial charge in [0.15, 0.2) is 0 Å². The van der Waals surface area contributed by atoms with Gasteiger partial charge >= 0.3 is 0 Å². The van der Waals surface area contributed by atoms with Crippen molar-refractivity contribution >= 4 is 0 Å². The first-order chi connectivity index (χ1) is 7.26. The molecule has 15 heavy (non-hydrogen) atoms. The predicted molar refractivity (Wildman–Crippen MR) is 66.3 cm³/mol. The molecule has 1 saturated heterocycles. The van der Waals surface area contributed by atoms with Crippen molar-refractivity contribution in [3.05, 3.63) is 0 Å². The molecule has 3 nitrogen and oxygen atoms in total. The van der Waals surface area contributed by atoms with Crippen LogP contribution in [0.1, 0.15) is 26.2 Å². The number of hydrogen-bond acceptors (Lipinski definition) is 3. The van der Waals surface area contributed by atoms with Crippen molar-refractivity contribution < 1.29 is 0 Å². The standard InChI is InChI=1S/C12H27N3/c1-4-12(13-2)6-5-7-15-10-8-14(3)9-11-15/h12-13H,4-11H2,1-3H3. The summed E-state index contributed by atoms with van der Waals surface area (Å²) in [4.78, 5) is 5.02. The fourth-order valence-electron chi connectivity index (χ4n) is 2.19. The molecule has 1 N–H and O–H groups in total. The zero-order valence-corrected chi connectivity index (χ0v) is 10.6. The number of nitrogens with zero attached hydrogens (tertiary/aromatic N) is 2. The van der Waals surface area contributed by atoms with E-state index in [1.54, 1.807) is 0 Å². The van der Waals surface area contributed by atoms with Gasteiger partial charge in [-0.3, -0.25) is 0 Å². The molecule has 0 spiro atoms. The van der Waals surface area contributed by atoms with Crippen molar-refractivity contribution in [3.63, 3.8) is 0 Å². The van der Waals surface area contributed by atoms with E-state index in [1.807, 2.05) is 0 Å². The molecule has 1 atom stereocenters. The third-order valence-corrected chi connectivity index (χ3v) is 3.52. The van der Waals surface area contributed by atoms with Gasteiger partial charge in [-0.05, 0) is 39.9 Å². The summed E-state index contributed by atoms with van der Waals surface area (Å²) in [7, 11) is 4.29. The van der Waals surface area contributed by atoms with Gasteiger partial charge < -0.3 is 15.1 Å². The van der Waals surface area contributed by atoms with Crippen LogP contribution < -0.4 is 5.32 Å². The molecule has 1 aliphatic heterocycles. The van der Waals surface area contributed by atoms with Crippen molar-refractivity contribution in [2.75, 3.05) is 46.8 Å². The molecule has 0 bridgehead atoms. The van der Waals surface area contributed by atoms with Crippen molar-refractivity contribution in [2.45, 2.75) is 32.2 Å². The van der Waals surface area contributed by atoms with E-state index in [2.05, 4.69) is 36.1 Å². The third-order valence-electron chi connectivity index (χ3n) is 3.52. The molecule has 1 unspecified atom stereocenters. The van der Waals surface area contributed by atoms with E-state index in [0.29, 0.717) is 0 Å². The molecule has 0 aromatic rings. The molecule has 1 fully saturated rings. The largest absolute Gasteiger partial charge is 0.317 e. The minimum absolute atomic E-state index is 0.720. The van der Waals surface area contributed by atoms with Crippen LogP contribution in [-0.4, -0.2) is 62.7 Å². The Hall–Kier alpha value is -0.120. The lowest BCUT2D eigenvalue weighted by Crippen LogP contribution is -2.44. The van der Waals surface area contributed by atoms with Crippen molar-refractivity contribution in [2.24, 2.45) is 0 Å². The first-order valence-electron chi connectivity index (χ1n) is 6.34. The smallest absolute Gasteiger partial charge is 0.0110 e. The summed E-state index contributed by atoms with van der Waals surface area (Å²) in [6.45, 7) is 8.54. The average Bonchev–Trinajstić information content (AvgIpc) is 2.27. The van der Waals surface area contributed by atoms with Crippen LogP contribution in [-0.2, 0) is 0 Å². The molecule has 0 saturated carbocycles. The highest BCUT2D eigenvalue weighted by atomic mass is 15.2. The second-order valence-electron chi connectivity index (χ2n) is 4.68. The normalized spacial score (nSPS) is 21.8. The van der Waals surface area contributed by atoms with E-state index in [4.69, 9.17) is 0 Å².